The third kappa shape index (κ3) is 3.26. The first kappa shape index (κ1) is 13.9. The molecule has 19 heavy (non-hydrogen) atoms. The Kier molecular flexibility index (Phi) is 4.43. The Morgan fingerprint density at radius 2 is 2.32 bits per heavy atom. The number of benzene rings is 1. The minimum absolute atomic E-state index is 0.354. The molecule has 0 radical (unpaired) electrons. The van der Waals surface area contributed by atoms with Crippen molar-refractivity contribution in [3.05, 3.63) is 29.3 Å². The summed E-state index contributed by atoms with van der Waals surface area (Å²) in [6.45, 7) is 7.05. The Bertz CT molecular complexity index is 453. The minimum atomic E-state index is -0.354. The van der Waals surface area contributed by atoms with Gasteiger partial charge in [-0.15, -0.1) is 0 Å². The number of anilines is 1. The molecule has 4 heteroatoms. The van der Waals surface area contributed by atoms with Crippen molar-refractivity contribution in [3.63, 3.8) is 0 Å². The van der Waals surface area contributed by atoms with Gasteiger partial charge in [0, 0.05) is 24.8 Å². The van der Waals surface area contributed by atoms with Gasteiger partial charge in [0.2, 0.25) is 0 Å². The van der Waals surface area contributed by atoms with Crippen molar-refractivity contribution in [2.45, 2.75) is 32.7 Å². The SMILES string of the molecule is CCN(CC1CCCN1)c1cc(C)ccc1C(N)=O. The van der Waals surface area contributed by atoms with Crippen LogP contribution in [-0.2, 0) is 0 Å². The molecule has 1 aliphatic heterocycles. The van der Waals surface area contributed by atoms with Crippen molar-refractivity contribution in [2.75, 3.05) is 24.5 Å². The second-order valence-electron chi connectivity index (χ2n) is 5.22. The summed E-state index contributed by atoms with van der Waals surface area (Å²) in [6, 6.07) is 6.34. The highest BCUT2D eigenvalue weighted by Crippen LogP contribution is 2.23. The largest absolute Gasteiger partial charge is 0.370 e. The van der Waals surface area contributed by atoms with E-state index in [1.54, 1.807) is 0 Å². The zero-order valence-corrected chi connectivity index (χ0v) is 11.8. The molecule has 1 aliphatic rings. The van der Waals surface area contributed by atoms with Crippen molar-refractivity contribution in [2.24, 2.45) is 5.73 Å². The summed E-state index contributed by atoms with van der Waals surface area (Å²) in [5, 5.41) is 3.50. The van der Waals surface area contributed by atoms with E-state index in [0.717, 1.165) is 30.9 Å². The number of nitrogens with two attached hydrogens (primary N) is 1. The Morgan fingerprint density at radius 1 is 1.53 bits per heavy atom. The van der Waals surface area contributed by atoms with Crippen LogP contribution < -0.4 is 16.0 Å². The second kappa shape index (κ2) is 6.06. The van der Waals surface area contributed by atoms with Crippen molar-refractivity contribution < 1.29 is 4.79 Å². The number of nitrogens with one attached hydrogen (secondary N) is 1. The number of hydrogen-bond donors (Lipinski definition) is 2. The number of aryl methyl sites for hydroxylation is 1. The summed E-state index contributed by atoms with van der Waals surface area (Å²) in [7, 11) is 0. The molecule has 0 aromatic heterocycles. The van der Waals surface area contributed by atoms with E-state index in [-0.39, 0.29) is 5.91 Å². The maximum Gasteiger partial charge on any atom is 0.250 e. The molecule has 0 spiro atoms. The molecular weight excluding hydrogens is 238 g/mol. The zero-order chi connectivity index (χ0) is 13.8. The average molecular weight is 261 g/mol. The van der Waals surface area contributed by atoms with Gasteiger partial charge in [0.1, 0.15) is 0 Å². The molecule has 1 unspecified atom stereocenters. The molecule has 1 heterocycles. The van der Waals surface area contributed by atoms with Gasteiger partial charge in [-0.3, -0.25) is 4.79 Å². The number of amides is 1. The molecule has 1 fully saturated rings. The monoisotopic (exact) mass is 261 g/mol. The summed E-state index contributed by atoms with van der Waals surface area (Å²) < 4.78 is 0. The lowest BCUT2D eigenvalue weighted by atomic mass is 10.1. The van der Waals surface area contributed by atoms with Crippen LogP contribution in [0.1, 0.15) is 35.7 Å². The molecule has 0 saturated carbocycles. The van der Waals surface area contributed by atoms with Gasteiger partial charge in [0.25, 0.3) is 5.91 Å². The van der Waals surface area contributed by atoms with Crippen LogP contribution in [0.5, 0.6) is 0 Å². The number of primary amides is 1. The Hall–Kier alpha value is -1.55. The number of likely N-dealkylation sites (N-methyl/N-ethyl adjacent to an activating group) is 1. The topological polar surface area (TPSA) is 58.4 Å². The fourth-order valence-electron chi connectivity index (χ4n) is 2.69. The van der Waals surface area contributed by atoms with Crippen LogP contribution >= 0.6 is 0 Å². The quantitative estimate of drug-likeness (QED) is 0.847. The van der Waals surface area contributed by atoms with Gasteiger partial charge in [-0.2, -0.15) is 0 Å². The predicted octanol–water partition coefficient (Wildman–Crippen LogP) is 1.67. The molecule has 1 amide bonds. The second-order valence-corrected chi connectivity index (χ2v) is 5.22. The molecule has 4 nitrogen and oxygen atoms in total. The summed E-state index contributed by atoms with van der Waals surface area (Å²) in [5.41, 5.74) is 8.21. The van der Waals surface area contributed by atoms with E-state index in [9.17, 15) is 4.79 Å². The van der Waals surface area contributed by atoms with Gasteiger partial charge in [0.15, 0.2) is 0 Å². The van der Waals surface area contributed by atoms with Crippen molar-refractivity contribution in [1.82, 2.24) is 5.32 Å². The minimum Gasteiger partial charge on any atom is -0.370 e. The number of rotatable bonds is 5. The lowest BCUT2D eigenvalue weighted by Gasteiger charge is -2.28. The van der Waals surface area contributed by atoms with E-state index in [4.69, 9.17) is 5.73 Å². The molecule has 104 valence electrons. The normalized spacial score (nSPS) is 18.5. The third-order valence-corrected chi connectivity index (χ3v) is 3.74. The molecule has 0 aliphatic carbocycles. The molecule has 0 bridgehead atoms. The summed E-state index contributed by atoms with van der Waals surface area (Å²) in [6.07, 6.45) is 2.44. The van der Waals surface area contributed by atoms with Crippen LogP contribution in [0.3, 0.4) is 0 Å². The van der Waals surface area contributed by atoms with Crippen LogP contribution in [0.25, 0.3) is 0 Å². The van der Waals surface area contributed by atoms with Crippen LogP contribution in [-0.4, -0.2) is 31.6 Å². The van der Waals surface area contributed by atoms with Crippen molar-refractivity contribution in [3.8, 4) is 0 Å². The van der Waals surface area contributed by atoms with Crippen molar-refractivity contribution >= 4 is 11.6 Å². The highest BCUT2D eigenvalue weighted by atomic mass is 16.1. The molecule has 2 rings (SSSR count). The van der Waals surface area contributed by atoms with E-state index in [1.165, 1.54) is 12.8 Å². The van der Waals surface area contributed by atoms with Gasteiger partial charge >= 0.3 is 0 Å². The number of hydrogen-bond acceptors (Lipinski definition) is 3. The predicted molar refractivity (Wildman–Crippen MR) is 78.6 cm³/mol. The highest BCUT2D eigenvalue weighted by Gasteiger charge is 2.20. The average Bonchev–Trinajstić information content (AvgIpc) is 2.88. The van der Waals surface area contributed by atoms with E-state index in [2.05, 4.69) is 23.2 Å². The van der Waals surface area contributed by atoms with E-state index in [1.807, 2.05) is 19.1 Å². The van der Waals surface area contributed by atoms with Crippen LogP contribution in [0.4, 0.5) is 5.69 Å². The summed E-state index contributed by atoms with van der Waals surface area (Å²) >= 11 is 0. The Balaban J connectivity index is 2.25. The number of carbonyl (C=O) groups excluding carboxylic acids is 1. The van der Waals surface area contributed by atoms with Gasteiger partial charge in [0.05, 0.1) is 5.56 Å². The molecule has 1 aromatic carbocycles. The molecule has 1 atom stereocenters. The van der Waals surface area contributed by atoms with Gasteiger partial charge < -0.3 is 16.0 Å². The molecule has 3 N–H and O–H groups in total. The van der Waals surface area contributed by atoms with Gasteiger partial charge in [-0.1, -0.05) is 6.07 Å². The molecular formula is C15H23N3O. The Morgan fingerprint density at radius 3 is 2.89 bits per heavy atom. The van der Waals surface area contributed by atoms with E-state index < -0.39 is 0 Å². The lowest BCUT2D eigenvalue weighted by molar-refractivity contribution is 0.100. The zero-order valence-electron chi connectivity index (χ0n) is 11.8. The first-order chi connectivity index (χ1) is 9.11. The van der Waals surface area contributed by atoms with Crippen LogP contribution in [0, 0.1) is 6.92 Å². The first-order valence-electron chi connectivity index (χ1n) is 7.00. The van der Waals surface area contributed by atoms with E-state index >= 15 is 0 Å². The molecule has 1 aromatic rings. The fraction of sp³-hybridized carbons (Fsp3) is 0.533. The first-order valence-corrected chi connectivity index (χ1v) is 7.00. The van der Waals surface area contributed by atoms with Gasteiger partial charge in [-0.05, 0) is 50.9 Å². The maximum absolute atomic E-state index is 11.6. The number of nitrogens with zero attached hydrogens (tertiary/aromatic N) is 1. The molecule has 1 saturated heterocycles. The third-order valence-electron chi connectivity index (χ3n) is 3.74. The summed E-state index contributed by atoms with van der Waals surface area (Å²) in [4.78, 5) is 13.8. The van der Waals surface area contributed by atoms with Crippen molar-refractivity contribution in [1.29, 1.82) is 0 Å². The summed E-state index contributed by atoms with van der Waals surface area (Å²) in [5.74, 6) is -0.354. The van der Waals surface area contributed by atoms with Crippen LogP contribution in [0.2, 0.25) is 0 Å². The van der Waals surface area contributed by atoms with E-state index in [0.29, 0.717) is 11.6 Å². The standard InChI is InChI=1S/C15H23N3O/c1-3-18(10-12-5-4-8-17-12)14-9-11(2)6-7-13(14)15(16)19/h6-7,9,12,17H,3-5,8,10H2,1-2H3,(H2,16,19). The lowest BCUT2D eigenvalue weighted by Crippen LogP contribution is -2.38. The van der Waals surface area contributed by atoms with Crippen LogP contribution in [0.15, 0.2) is 18.2 Å². The Labute approximate surface area is 115 Å². The highest BCUT2D eigenvalue weighted by molar-refractivity contribution is 5.98. The smallest absolute Gasteiger partial charge is 0.250 e. The maximum atomic E-state index is 11.6. The van der Waals surface area contributed by atoms with Gasteiger partial charge in [-0.25, -0.2) is 0 Å². The fourth-order valence-corrected chi connectivity index (χ4v) is 2.69. The number of carbonyl (C=O) groups is 1.